The summed E-state index contributed by atoms with van der Waals surface area (Å²) in [5.41, 5.74) is -1.78. The Morgan fingerprint density at radius 1 is 0.439 bits per heavy atom. The Kier molecular flexibility index (Phi) is 19.9. The molecule has 4 rings (SSSR count). The summed E-state index contributed by atoms with van der Waals surface area (Å²) < 4.78 is 19.7. The molecule has 0 aliphatic carbocycles. The Morgan fingerprint density at radius 2 is 0.684 bits per heavy atom. The normalized spacial score (nSPS) is 16.7. The van der Waals surface area contributed by atoms with Gasteiger partial charge >= 0.3 is 35.3 Å². The number of hydrogen-bond donors (Lipinski definition) is 3. The van der Waals surface area contributed by atoms with Gasteiger partial charge in [0.1, 0.15) is 18.3 Å². The summed E-state index contributed by atoms with van der Waals surface area (Å²) in [7, 11) is 0. The molecule has 57 heavy (non-hydrogen) atoms. The van der Waals surface area contributed by atoms with E-state index in [1.54, 1.807) is 0 Å². The Labute approximate surface area is 336 Å². The number of aromatic nitrogens is 3. The predicted octanol–water partition coefficient (Wildman–Crippen LogP) is 2.14. The van der Waals surface area contributed by atoms with Crippen LogP contribution < -0.4 is 33.0 Å². The number of nitrogens with one attached hydrogen (secondary N) is 3. The van der Waals surface area contributed by atoms with Crippen molar-refractivity contribution in [2.45, 2.75) is 136 Å². The lowest BCUT2D eigenvalue weighted by Crippen LogP contribution is -2.54. The van der Waals surface area contributed by atoms with E-state index < -0.39 is 35.3 Å². The van der Waals surface area contributed by atoms with Gasteiger partial charge in [0.25, 0.3) is 0 Å². The lowest BCUT2D eigenvalue weighted by atomic mass is 10.2. The molecular formula is C39H69N9O9. The average Bonchev–Trinajstić information content (AvgIpc) is 4.00. The van der Waals surface area contributed by atoms with Gasteiger partial charge in [-0.15, -0.1) is 0 Å². The summed E-state index contributed by atoms with van der Waals surface area (Å²) in [5, 5.41) is 8.36. The van der Waals surface area contributed by atoms with Crippen molar-refractivity contribution in [1.82, 2.24) is 44.4 Å². The Morgan fingerprint density at radius 3 is 0.930 bits per heavy atom. The minimum absolute atomic E-state index is 0.162. The third kappa shape index (κ3) is 18.9. The molecule has 18 nitrogen and oxygen atoms in total. The van der Waals surface area contributed by atoms with Crippen molar-refractivity contribution in [2.24, 2.45) is 0 Å². The fourth-order valence-corrected chi connectivity index (χ4v) is 6.71. The van der Waals surface area contributed by atoms with Gasteiger partial charge in [-0.1, -0.05) is 38.5 Å². The fourth-order valence-electron chi connectivity index (χ4n) is 6.71. The zero-order valence-corrected chi connectivity index (χ0v) is 34.7. The maximum absolute atomic E-state index is 13.5. The summed E-state index contributed by atoms with van der Waals surface area (Å²) in [4.78, 5) is 83.3. The van der Waals surface area contributed by atoms with Crippen molar-refractivity contribution in [3.63, 3.8) is 0 Å². The number of ether oxygens (including phenoxy) is 3. The first kappa shape index (κ1) is 45.8. The van der Waals surface area contributed by atoms with Gasteiger partial charge < -0.3 is 30.2 Å². The van der Waals surface area contributed by atoms with Gasteiger partial charge in [-0.2, -0.15) is 0 Å². The molecule has 3 saturated heterocycles. The molecule has 3 atom stereocenters. The number of amides is 3. The van der Waals surface area contributed by atoms with Crippen LogP contribution in [0.3, 0.4) is 0 Å². The molecule has 0 aromatic carbocycles. The fraction of sp³-hybridized carbons (Fsp3) is 0.846. The van der Waals surface area contributed by atoms with Crippen LogP contribution >= 0.6 is 0 Å². The number of rotatable bonds is 30. The van der Waals surface area contributed by atoms with Gasteiger partial charge in [0.15, 0.2) is 0 Å². The maximum Gasteiger partial charge on any atom is 0.407 e. The van der Waals surface area contributed by atoms with E-state index in [0.717, 1.165) is 117 Å². The van der Waals surface area contributed by atoms with E-state index in [1.807, 2.05) is 20.8 Å². The first-order chi connectivity index (χ1) is 27.5. The zero-order chi connectivity index (χ0) is 41.0. The molecule has 324 valence electrons. The average molecular weight is 808 g/mol. The minimum Gasteiger partial charge on any atom is -0.445 e. The Hall–Kier alpha value is -3.90. The number of carbonyl (C=O) groups is 3. The molecular weight excluding hydrogens is 738 g/mol. The summed E-state index contributed by atoms with van der Waals surface area (Å²) in [5.74, 6) is 0. The third-order valence-corrected chi connectivity index (χ3v) is 10.2. The number of carbonyl (C=O) groups excluding carboxylic acids is 3. The molecule has 3 aliphatic rings. The van der Waals surface area contributed by atoms with Gasteiger partial charge in [-0.05, 0) is 59.3 Å². The Bertz CT molecular complexity index is 1360. The standard InChI is InChI=1S/C39H69N9O9/c1-31(28-43-22-23-43)55-34(49)40-16-10-4-7-13-19-46-37(52)47(20-14-8-5-11-17-41-35(50)56-32(2)29-44-24-25-44)39(54)48(38(46)53)21-15-9-6-12-18-42-36(51)57-33(3)30-45-26-27-45/h31-33H,4-30H2,1-3H3,(H,40,49)(H,41,50)(H,42,51). The van der Waals surface area contributed by atoms with Gasteiger partial charge in [0.2, 0.25) is 0 Å². The van der Waals surface area contributed by atoms with Crippen molar-refractivity contribution < 1.29 is 28.6 Å². The number of alkyl carbamates (subject to hydrolysis) is 3. The largest absolute Gasteiger partial charge is 0.445 e. The van der Waals surface area contributed by atoms with E-state index in [4.69, 9.17) is 14.2 Å². The van der Waals surface area contributed by atoms with Crippen molar-refractivity contribution in [3.05, 3.63) is 31.5 Å². The highest BCUT2D eigenvalue weighted by Crippen LogP contribution is 2.09. The third-order valence-electron chi connectivity index (χ3n) is 10.2. The quantitative estimate of drug-likeness (QED) is 0.0585. The molecule has 3 fully saturated rings. The molecule has 0 saturated carbocycles. The highest BCUT2D eigenvalue weighted by atomic mass is 16.6. The molecule has 1 aromatic rings. The first-order valence-electron chi connectivity index (χ1n) is 21.4. The van der Waals surface area contributed by atoms with E-state index in [-0.39, 0.29) is 37.9 Å². The number of hydrogen-bond acceptors (Lipinski definition) is 12. The molecule has 3 amide bonds. The van der Waals surface area contributed by atoms with E-state index in [9.17, 15) is 28.8 Å². The van der Waals surface area contributed by atoms with Crippen molar-refractivity contribution in [1.29, 1.82) is 0 Å². The van der Waals surface area contributed by atoms with Crippen LogP contribution in [0.2, 0.25) is 0 Å². The first-order valence-corrected chi connectivity index (χ1v) is 21.4. The summed E-state index contributed by atoms with van der Waals surface area (Å²) in [6, 6.07) is 0. The molecule has 0 spiro atoms. The second-order valence-electron chi connectivity index (χ2n) is 15.9. The molecule has 3 unspecified atom stereocenters. The monoisotopic (exact) mass is 808 g/mol. The molecule has 3 N–H and O–H groups in total. The lowest BCUT2D eigenvalue weighted by Gasteiger charge is -2.15. The Balaban J connectivity index is 1.19. The summed E-state index contributed by atoms with van der Waals surface area (Å²) in [6.07, 6.45) is 6.76. The second kappa shape index (κ2) is 24.8. The number of unbranched alkanes of at least 4 members (excludes halogenated alkanes) is 9. The smallest absolute Gasteiger partial charge is 0.407 e. The summed E-state index contributed by atoms with van der Waals surface area (Å²) in [6.45, 7) is 16.2. The van der Waals surface area contributed by atoms with Crippen LogP contribution in [0.15, 0.2) is 14.4 Å². The van der Waals surface area contributed by atoms with Crippen LogP contribution in [-0.4, -0.2) is 144 Å². The molecule has 3 aliphatic heterocycles. The van der Waals surface area contributed by atoms with Gasteiger partial charge in [0, 0.05) is 98.2 Å². The molecule has 0 bridgehead atoms. The van der Waals surface area contributed by atoms with Crippen LogP contribution in [0.5, 0.6) is 0 Å². The van der Waals surface area contributed by atoms with Crippen molar-refractivity contribution in [3.8, 4) is 0 Å². The van der Waals surface area contributed by atoms with E-state index in [1.165, 1.54) is 13.7 Å². The van der Waals surface area contributed by atoms with Crippen molar-refractivity contribution in [2.75, 3.05) is 78.5 Å². The van der Waals surface area contributed by atoms with E-state index in [0.29, 0.717) is 38.9 Å². The second-order valence-corrected chi connectivity index (χ2v) is 15.9. The lowest BCUT2D eigenvalue weighted by molar-refractivity contribution is 0.0975. The maximum atomic E-state index is 13.5. The van der Waals surface area contributed by atoms with Crippen molar-refractivity contribution >= 4 is 18.3 Å². The van der Waals surface area contributed by atoms with Gasteiger partial charge in [-0.25, -0.2) is 42.5 Å². The SMILES string of the molecule is CC(CN1CC1)OC(=O)NCCCCCCn1c(=O)n(CCCCCCNC(=O)OC(C)CN2CC2)c(=O)n(CCCCCCNC(=O)OC(C)CN2CC2)c1=O. The summed E-state index contributed by atoms with van der Waals surface area (Å²) >= 11 is 0. The highest BCUT2D eigenvalue weighted by molar-refractivity contribution is 5.68. The van der Waals surface area contributed by atoms with Gasteiger partial charge in [-0.3, -0.25) is 14.7 Å². The molecule has 18 heteroatoms. The molecule has 1 aromatic heterocycles. The highest BCUT2D eigenvalue weighted by Gasteiger charge is 2.23. The van der Waals surface area contributed by atoms with Crippen LogP contribution in [-0.2, 0) is 33.8 Å². The van der Waals surface area contributed by atoms with Crippen LogP contribution in [0.25, 0.3) is 0 Å². The van der Waals surface area contributed by atoms with Crippen LogP contribution in [0.1, 0.15) is 97.8 Å². The van der Waals surface area contributed by atoms with Gasteiger partial charge in [0.05, 0.1) is 0 Å². The van der Waals surface area contributed by atoms with Crippen LogP contribution in [0.4, 0.5) is 14.4 Å². The minimum atomic E-state index is -0.593. The van der Waals surface area contributed by atoms with E-state index >= 15 is 0 Å². The molecule has 0 radical (unpaired) electrons. The topological polar surface area (TPSA) is 190 Å². The number of nitrogens with zero attached hydrogens (tertiary/aromatic N) is 6. The van der Waals surface area contributed by atoms with Crippen LogP contribution in [0, 0.1) is 0 Å². The predicted molar refractivity (Wildman–Crippen MR) is 216 cm³/mol. The molecule has 4 heterocycles. The van der Waals surface area contributed by atoms with E-state index in [2.05, 4.69) is 30.7 Å². The zero-order valence-electron chi connectivity index (χ0n) is 34.7.